The van der Waals surface area contributed by atoms with Crippen LogP contribution < -0.4 is 15.8 Å². The van der Waals surface area contributed by atoms with Crippen molar-refractivity contribution >= 4 is 27.5 Å². The molecule has 0 bridgehead atoms. The van der Waals surface area contributed by atoms with Crippen molar-refractivity contribution in [1.82, 2.24) is 0 Å². The van der Waals surface area contributed by atoms with Gasteiger partial charge in [-0.15, -0.1) is 0 Å². The summed E-state index contributed by atoms with van der Waals surface area (Å²) in [5.74, 6) is 1.02. The summed E-state index contributed by atoms with van der Waals surface area (Å²) in [6, 6.07) is 6.96. The Balaban J connectivity index is 2.27. The largest absolute Gasteiger partial charge is 0.495 e. The highest BCUT2D eigenvalue weighted by Crippen LogP contribution is 2.32. The van der Waals surface area contributed by atoms with Crippen molar-refractivity contribution < 1.29 is 13.9 Å². The molecule has 0 spiro atoms. The van der Waals surface area contributed by atoms with Crippen LogP contribution in [0, 0.1) is 6.92 Å². The Hall–Kier alpha value is -1.79. The van der Waals surface area contributed by atoms with Crippen molar-refractivity contribution in [2.45, 2.75) is 13.5 Å². The van der Waals surface area contributed by atoms with Gasteiger partial charge in [-0.05, 0) is 36.8 Å². The Morgan fingerprint density at radius 2 is 2.20 bits per heavy atom. The molecule has 106 valence electrons. The number of anilines is 1. The summed E-state index contributed by atoms with van der Waals surface area (Å²) in [6.45, 7) is 2.14. The SMILES string of the molecule is COc1cc(Br)cc(C)c1NC(=O)c1ccc(CN)o1. The first-order valence-electron chi connectivity index (χ1n) is 5.99. The number of hydrogen-bond acceptors (Lipinski definition) is 4. The van der Waals surface area contributed by atoms with E-state index in [1.54, 1.807) is 25.3 Å². The number of benzene rings is 1. The molecule has 1 aromatic carbocycles. The zero-order valence-electron chi connectivity index (χ0n) is 11.2. The van der Waals surface area contributed by atoms with E-state index in [0.29, 0.717) is 17.2 Å². The number of nitrogens with two attached hydrogens (primary N) is 1. The zero-order chi connectivity index (χ0) is 14.7. The van der Waals surface area contributed by atoms with Crippen LogP contribution in [0.3, 0.4) is 0 Å². The summed E-state index contributed by atoms with van der Waals surface area (Å²) in [6.07, 6.45) is 0. The highest BCUT2D eigenvalue weighted by molar-refractivity contribution is 9.10. The van der Waals surface area contributed by atoms with Gasteiger partial charge in [0.05, 0.1) is 19.3 Å². The molecule has 5 nitrogen and oxygen atoms in total. The molecule has 0 fully saturated rings. The Morgan fingerprint density at radius 3 is 2.80 bits per heavy atom. The summed E-state index contributed by atoms with van der Waals surface area (Å²) in [5, 5.41) is 2.79. The second-order valence-corrected chi connectivity index (χ2v) is 5.14. The molecular formula is C14H15BrN2O3. The van der Waals surface area contributed by atoms with Gasteiger partial charge in [0.25, 0.3) is 5.91 Å². The molecule has 1 heterocycles. The van der Waals surface area contributed by atoms with Crippen LogP contribution in [-0.2, 0) is 6.54 Å². The van der Waals surface area contributed by atoms with Gasteiger partial charge in [0.2, 0.25) is 0 Å². The number of carbonyl (C=O) groups is 1. The smallest absolute Gasteiger partial charge is 0.291 e. The number of methoxy groups -OCH3 is 1. The van der Waals surface area contributed by atoms with Crippen molar-refractivity contribution in [3.05, 3.63) is 45.8 Å². The lowest BCUT2D eigenvalue weighted by molar-refractivity contribution is 0.0994. The Labute approximate surface area is 125 Å². The summed E-state index contributed by atoms with van der Waals surface area (Å²) in [7, 11) is 1.55. The number of aryl methyl sites for hydroxylation is 1. The molecule has 1 aromatic heterocycles. The van der Waals surface area contributed by atoms with Crippen LogP contribution >= 0.6 is 15.9 Å². The van der Waals surface area contributed by atoms with Crippen LogP contribution in [0.25, 0.3) is 0 Å². The third-order valence-corrected chi connectivity index (χ3v) is 3.27. The second kappa shape index (κ2) is 6.11. The third kappa shape index (κ3) is 3.02. The number of rotatable bonds is 4. The minimum Gasteiger partial charge on any atom is -0.495 e. The molecule has 0 aliphatic carbocycles. The fourth-order valence-corrected chi connectivity index (χ4v) is 2.37. The van der Waals surface area contributed by atoms with E-state index >= 15 is 0 Å². The molecule has 0 unspecified atom stereocenters. The lowest BCUT2D eigenvalue weighted by Crippen LogP contribution is -2.13. The summed E-state index contributed by atoms with van der Waals surface area (Å²) in [4.78, 5) is 12.1. The number of hydrogen-bond donors (Lipinski definition) is 2. The van der Waals surface area contributed by atoms with E-state index in [4.69, 9.17) is 14.9 Å². The molecule has 0 saturated carbocycles. The van der Waals surface area contributed by atoms with E-state index in [2.05, 4.69) is 21.2 Å². The zero-order valence-corrected chi connectivity index (χ0v) is 12.8. The van der Waals surface area contributed by atoms with E-state index in [9.17, 15) is 4.79 Å². The first kappa shape index (κ1) is 14.6. The standard InChI is InChI=1S/C14H15BrN2O3/c1-8-5-9(15)6-12(19-2)13(8)17-14(18)11-4-3-10(7-16)20-11/h3-6H,7,16H2,1-2H3,(H,17,18). The Kier molecular flexibility index (Phi) is 4.46. The predicted octanol–water partition coefficient (Wildman–Crippen LogP) is 3.07. The van der Waals surface area contributed by atoms with Gasteiger partial charge in [-0.1, -0.05) is 15.9 Å². The molecule has 0 aliphatic rings. The van der Waals surface area contributed by atoms with E-state index in [1.165, 1.54) is 0 Å². The van der Waals surface area contributed by atoms with Gasteiger partial charge >= 0.3 is 0 Å². The van der Waals surface area contributed by atoms with Crippen LogP contribution in [0.5, 0.6) is 5.75 Å². The van der Waals surface area contributed by atoms with Crippen LogP contribution in [0.2, 0.25) is 0 Å². The molecule has 2 aromatic rings. The van der Waals surface area contributed by atoms with Crippen LogP contribution in [0.1, 0.15) is 21.9 Å². The highest BCUT2D eigenvalue weighted by Gasteiger charge is 2.15. The monoisotopic (exact) mass is 338 g/mol. The van der Waals surface area contributed by atoms with Gasteiger partial charge in [-0.25, -0.2) is 0 Å². The summed E-state index contributed by atoms with van der Waals surface area (Å²) in [5.41, 5.74) is 6.95. The van der Waals surface area contributed by atoms with E-state index in [0.717, 1.165) is 10.0 Å². The van der Waals surface area contributed by atoms with Gasteiger partial charge in [0.1, 0.15) is 11.5 Å². The molecule has 2 rings (SSSR count). The van der Waals surface area contributed by atoms with Gasteiger partial charge in [-0.2, -0.15) is 0 Å². The van der Waals surface area contributed by atoms with Crippen molar-refractivity contribution in [1.29, 1.82) is 0 Å². The number of halogens is 1. The van der Waals surface area contributed by atoms with Gasteiger partial charge in [-0.3, -0.25) is 4.79 Å². The van der Waals surface area contributed by atoms with Crippen molar-refractivity contribution in [2.24, 2.45) is 5.73 Å². The summed E-state index contributed by atoms with van der Waals surface area (Å²) < 4.78 is 11.5. The molecular weight excluding hydrogens is 324 g/mol. The Bertz CT molecular complexity index is 637. The highest BCUT2D eigenvalue weighted by atomic mass is 79.9. The molecule has 1 amide bonds. The van der Waals surface area contributed by atoms with Crippen LogP contribution in [0.15, 0.2) is 33.2 Å². The van der Waals surface area contributed by atoms with E-state index in [-0.39, 0.29) is 18.2 Å². The lowest BCUT2D eigenvalue weighted by Gasteiger charge is -2.13. The minimum absolute atomic E-state index is 0.217. The predicted molar refractivity (Wildman–Crippen MR) is 80.0 cm³/mol. The van der Waals surface area contributed by atoms with E-state index < -0.39 is 0 Å². The number of furan rings is 1. The first-order chi connectivity index (χ1) is 9.55. The molecule has 0 atom stereocenters. The maximum Gasteiger partial charge on any atom is 0.291 e. The summed E-state index contributed by atoms with van der Waals surface area (Å²) >= 11 is 3.39. The average molecular weight is 339 g/mol. The van der Waals surface area contributed by atoms with E-state index in [1.807, 2.05) is 13.0 Å². The fourth-order valence-electron chi connectivity index (χ4n) is 1.82. The van der Waals surface area contributed by atoms with Gasteiger partial charge < -0.3 is 20.2 Å². The van der Waals surface area contributed by atoms with Crippen LogP contribution in [-0.4, -0.2) is 13.0 Å². The molecule has 3 N–H and O–H groups in total. The average Bonchev–Trinajstić information content (AvgIpc) is 2.90. The van der Waals surface area contributed by atoms with Crippen molar-refractivity contribution in [3.8, 4) is 5.75 Å². The van der Waals surface area contributed by atoms with Crippen LogP contribution in [0.4, 0.5) is 5.69 Å². The normalized spacial score (nSPS) is 10.4. The Morgan fingerprint density at radius 1 is 1.45 bits per heavy atom. The number of nitrogens with one attached hydrogen (secondary N) is 1. The second-order valence-electron chi connectivity index (χ2n) is 4.22. The van der Waals surface area contributed by atoms with Crippen molar-refractivity contribution in [2.75, 3.05) is 12.4 Å². The molecule has 6 heteroatoms. The quantitative estimate of drug-likeness (QED) is 0.897. The topological polar surface area (TPSA) is 77.5 Å². The first-order valence-corrected chi connectivity index (χ1v) is 6.78. The molecule has 0 radical (unpaired) electrons. The van der Waals surface area contributed by atoms with Crippen molar-refractivity contribution in [3.63, 3.8) is 0 Å². The van der Waals surface area contributed by atoms with Gasteiger partial charge in [0.15, 0.2) is 5.76 Å². The maximum absolute atomic E-state index is 12.1. The number of amides is 1. The molecule has 20 heavy (non-hydrogen) atoms. The third-order valence-electron chi connectivity index (χ3n) is 2.81. The molecule has 0 saturated heterocycles. The molecule has 0 aliphatic heterocycles. The minimum atomic E-state index is -0.339. The number of ether oxygens (including phenoxy) is 1. The lowest BCUT2D eigenvalue weighted by atomic mass is 10.2. The number of carbonyl (C=O) groups excluding carboxylic acids is 1. The van der Waals surface area contributed by atoms with Gasteiger partial charge in [0, 0.05) is 4.47 Å². The maximum atomic E-state index is 12.1. The fraction of sp³-hybridized carbons (Fsp3) is 0.214.